The third-order valence-corrected chi connectivity index (χ3v) is 3.22. The number of hydrogen-bond donors (Lipinski definition) is 0. The van der Waals surface area contributed by atoms with E-state index in [1.54, 1.807) is 29.4 Å². The van der Waals surface area contributed by atoms with Gasteiger partial charge in [-0.15, -0.1) is 0 Å². The molecule has 1 aromatic rings. The van der Waals surface area contributed by atoms with Crippen LogP contribution in [0.4, 0.5) is 0 Å². The summed E-state index contributed by atoms with van der Waals surface area (Å²) in [5.41, 5.74) is 0.550. The minimum absolute atomic E-state index is 0.115. The van der Waals surface area contributed by atoms with E-state index >= 15 is 0 Å². The molecule has 18 heavy (non-hydrogen) atoms. The Morgan fingerprint density at radius 1 is 1.39 bits per heavy atom. The minimum Gasteiger partial charge on any atom is -0.319 e. The van der Waals surface area contributed by atoms with Gasteiger partial charge in [0.1, 0.15) is 5.92 Å². The van der Waals surface area contributed by atoms with Crippen molar-refractivity contribution in [1.82, 2.24) is 9.88 Å². The minimum atomic E-state index is -0.576. The first-order chi connectivity index (χ1) is 8.74. The maximum Gasteiger partial charge on any atom is 0.237 e. The number of carbonyl (C=O) groups is 2. The van der Waals surface area contributed by atoms with Crippen LogP contribution in [0, 0.1) is 5.92 Å². The molecule has 4 nitrogen and oxygen atoms in total. The van der Waals surface area contributed by atoms with Gasteiger partial charge in [0.15, 0.2) is 5.78 Å². The third-order valence-electron chi connectivity index (χ3n) is 3.22. The molecule has 1 amide bonds. The molecule has 0 aromatic carbocycles. The van der Waals surface area contributed by atoms with Crippen molar-refractivity contribution in [3.05, 3.63) is 42.9 Å². The zero-order valence-corrected chi connectivity index (χ0v) is 10.2. The smallest absolute Gasteiger partial charge is 0.237 e. The molecule has 4 heteroatoms. The van der Waals surface area contributed by atoms with E-state index < -0.39 is 5.92 Å². The van der Waals surface area contributed by atoms with Crippen molar-refractivity contribution in [3.63, 3.8) is 0 Å². The van der Waals surface area contributed by atoms with Gasteiger partial charge in [-0.25, -0.2) is 0 Å². The fourth-order valence-corrected chi connectivity index (χ4v) is 2.21. The molecule has 2 heterocycles. The summed E-state index contributed by atoms with van der Waals surface area (Å²) < 4.78 is 0. The Balaban J connectivity index is 2.23. The molecular weight excluding hydrogens is 228 g/mol. The van der Waals surface area contributed by atoms with Crippen LogP contribution < -0.4 is 0 Å². The number of rotatable bonds is 3. The lowest BCUT2D eigenvalue weighted by Gasteiger charge is -2.19. The molecule has 1 aliphatic heterocycles. The quantitative estimate of drug-likeness (QED) is 0.604. The Kier molecular flexibility index (Phi) is 3.87. The summed E-state index contributed by atoms with van der Waals surface area (Å²) in [5.74, 6) is -0.826. The van der Waals surface area contributed by atoms with Crippen LogP contribution >= 0.6 is 0 Å². The molecule has 0 radical (unpaired) electrons. The zero-order chi connectivity index (χ0) is 13.0. The fraction of sp³-hybridized carbons (Fsp3) is 0.357. The van der Waals surface area contributed by atoms with E-state index in [0.717, 1.165) is 12.8 Å². The summed E-state index contributed by atoms with van der Waals surface area (Å²) in [6.45, 7) is 4.28. The highest BCUT2D eigenvalue weighted by molar-refractivity contribution is 6.10. The lowest BCUT2D eigenvalue weighted by Crippen LogP contribution is -2.34. The Morgan fingerprint density at radius 2 is 2.11 bits per heavy atom. The fourth-order valence-electron chi connectivity index (χ4n) is 2.21. The second-order valence-electron chi connectivity index (χ2n) is 4.36. The second-order valence-corrected chi connectivity index (χ2v) is 4.36. The number of nitrogens with zero attached hydrogens (tertiary/aromatic N) is 2. The Hall–Kier alpha value is -1.97. The summed E-state index contributed by atoms with van der Waals surface area (Å²) in [6.07, 6.45) is 7.07. The van der Waals surface area contributed by atoms with E-state index in [4.69, 9.17) is 0 Å². The average Bonchev–Trinajstić information content (AvgIpc) is 2.60. The highest BCUT2D eigenvalue weighted by Gasteiger charge is 2.31. The van der Waals surface area contributed by atoms with Crippen molar-refractivity contribution in [2.24, 2.45) is 5.92 Å². The molecule has 0 spiro atoms. The summed E-state index contributed by atoms with van der Waals surface area (Å²) >= 11 is 0. The molecule has 0 unspecified atom stereocenters. The van der Waals surface area contributed by atoms with E-state index in [1.165, 1.54) is 6.20 Å². The van der Waals surface area contributed by atoms with Crippen LogP contribution in [-0.2, 0) is 4.79 Å². The molecule has 1 aromatic heterocycles. The molecule has 0 saturated carbocycles. The van der Waals surface area contributed by atoms with E-state index in [-0.39, 0.29) is 11.7 Å². The van der Waals surface area contributed by atoms with Gasteiger partial charge in [-0.1, -0.05) is 13.0 Å². The Labute approximate surface area is 106 Å². The number of amides is 1. The zero-order valence-electron chi connectivity index (χ0n) is 10.2. The summed E-state index contributed by atoms with van der Waals surface area (Å²) in [6, 6.07) is 3.30. The Morgan fingerprint density at radius 3 is 2.78 bits per heavy atom. The van der Waals surface area contributed by atoms with Gasteiger partial charge in [0.2, 0.25) is 5.91 Å². The number of aromatic nitrogens is 1. The number of pyridine rings is 1. The summed E-state index contributed by atoms with van der Waals surface area (Å²) in [7, 11) is 0. The van der Waals surface area contributed by atoms with Crippen molar-refractivity contribution in [2.45, 2.75) is 19.3 Å². The van der Waals surface area contributed by atoms with Gasteiger partial charge in [-0.3, -0.25) is 14.6 Å². The van der Waals surface area contributed by atoms with Gasteiger partial charge in [0.05, 0.1) is 0 Å². The van der Waals surface area contributed by atoms with Crippen LogP contribution in [0.15, 0.2) is 37.3 Å². The van der Waals surface area contributed by atoms with Crippen LogP contribution in [0.25, 0.3) is 0 Å². The van der Waals surface area contributed by atoms with Gasteiger partial charge >= 0.3 is 0 Å². The van der Waals surface area contributed by atoms with E-state index in [0.29, 0.717) is 18.5 Å². The van der Waals surface area contributed by atoms with Gasteiger partial charge < -0.3 is 4.90 Å². The number of Topliss-reactive ketones (excluding diaryl/α,β-unsaturated/α-hetero) is 1. The third kappa shape index (κ3) is 2.47. The lowest BCUT2D eigenvalue weighted by atomic mass is 9.93. The van der Waals surface area contributed by atoms with Gasteiger partial charge in [-0.2, -0.15) is 0 Å². The predicted octanol–water partition coefficient (Wildman–Crippen LogP) is 2.04. The first-order valence-electron chi connectivity index (χ1n) is 6.11. The first-order valence-corrected chi connectivity index (χ1v) is 6.11. The van der Waals surface area contributed by atoms with Crippen LogP contribution in [0.1, 0.15) is 29.6 Å². The second kappa shape index (κ2) is 5.58. The summed E-state index contributed by atoms with van der Waals surface area (Å²) in [5, 5.41) is 0. The van der Waals surface area contributed by atoms with Crippen LogP contribution in [0.5, 0.6) is 0 Å². The average molecular weight is 244 g/mol. The van der Waals surface area contributed by atoms with Crippen molar-refractivity contribution >= 4 is 11.7 Å². The van der Waals surface area contributed by atoms with Crippen molar-refractivity contribution in [3.8, 4) is 0 Å². The Bertz CT molecular complexity index is 456. The molecule has 0 aliphatic carbocycles. The predicted molar refractivity (Wildman–Crippen MR) is 67.8 cm³/mol. The molecule has 1 atom stereocenters. The maximum atomic E-state index is 12.3. The van der Waals surface area contributed by atoms with Crippen molar-refractivity contribution in [2.75, 3.05) is 6.54 Å². The maximum absolute atomic E-state index is 12.3. The largest absolute Gasteiger partial charge is 0.319 e. The monoisotopic (exact) mass is 244 g/mol. The number of carbonyl (C=O) groups excluding carboxylic acids is 2. The molecule has 0 bridgehead atoms. The number of ketones is 1. The molecule has 2 rings (SSSR count). The van der Waals surface area contributed by atoms with Gasteiger partial charge in [0, 0.05) is 24.5 Å². The SMILES string of the molecule is C=CN1CCCC[C@@H](C(=O)c2ccncc2)C1=O. The highest BCUT2D eigenvalue weighted by atomic mass is 16.2. The standard InChI is InChI=1S/C14H16N2O2/c1-2-16-10-4-3-5-12(14(16)18)13(17)11-6-8-15-9-7-11/h2,6-9,12H,1,3-5,10H2/t12-/m0/s1. The number of hydrogen-bond acceptors (Lipinski definition) is 3. The van der Waals surface area contributed by atoms with E-state index in [1.807, 2.05) is 0 Å². The molecule has 94 valence electrons. The van der Waals surface area contributed by atoms with Crippen molar-refractivity contribution < 1.29 is 9.59 Å². The summed E-state index contributed by atoms with van der Waals surface area (Å²) in [4.78, 5) is 30.0. The first kappa shape index (κ1) is 12.5. The van der Waals surface area contributed by atoms with Crippen LogP contribution in [-0.4, -0.2) is 28.1 Å². The molecule has 1 fully saturated rings. The molecule has 1 saturated heterocycles. The normalized spacial score (nSPS) is 20.3. The topological polar surface area (TPSA) is 50.3 Å². The molecular formula is C14H16N2O2. The number of likely N-dealkylation sites (tertiary alicyclic amines) is 1. The molecule has 1 aliphatic rings. The van der Waals surface area contributed by atoms with E-state index in [2.05, 4.69) is 11.6 Å². The van der Waals surface area contributed by atoms with Crippen LogP contribution in [0.3, 0.4) is 0 Å². The van der Waals surface area contributed by atoms with Gasteiger partial charge in [0.25, 0.3) is 0 Å². The van der Waals surface area contributed by atoms with E-state index in [9.17, 15) is 9.59 Å². The molecule has 0 N–H and O–H groups in total. The highest BCUT2D eigenvalue weighted by Crippen LogP contribution is 2.21. The van der Waals surface area contributed by atoms with Gasteiger partial charge in [-0.05, 0) is 31.2 Å². The lowest BCUT2D eigenvalue weighted by molar-refractivity contribution is -0.130. The van der Waals surface area contributed by atoms with Crippen LogP contribution in [0.2, 0.25) is 0 Å². The van der Waals surface area contributed by atoms with Crippen molar-refractivity contribution in [1.29, 1.82) is 0 Å².